The van der Waals surface area contributed by atoms with E-state index in [2.05, 4.69) is 64.1 Å². The predicted molar refractivity (Wildman–Crippen MR) is 226 cm³/mol. The third-order valence-corrected chi connectivity index (χ3v) is 18.3. The number of ketones is 1. The Kier molecular flexibility index (Phi) is 10.8. The summed E-state index contributed by atoms with van der Waals surface area (Å²) in [7, 11) is 0. The Bertz CT molecular complexity index is 1850. The first-order chi connectivity index (χ1) is 27.0. The Morgan fingerprint density at radius 3 is 2.28 bits per heavy atom. The van der Waals surface area contributed by atoms with Gasteiger partial charge in [0.25, 0.3) is 5.91 Å². The number of allylic oxidation sites excluding steroid dienone is 2. The Hall–Kier alpha value is -3.07. The van der Waals surface area contributed by atoms with E-state index in [0.717, 1.165) is 69.9 Å². The van der Waals surface area contributed by atoms with Crippen molar-refractivity contribution < 1.29 is 29.0 Å². The van der Waals surface area contributed by atoms with Crippen LogP contribution in [-0.4, -0.2) is 58.5 Å². The zero-order valence-corrected chi connectivity index (χ0v) is 37.5. The Labute approximate surface area is 348 Å². The fourth-order valence-corrected chi connectivity index (χ4v) is 14.9. The van der Waals surface area contributed by atoms with Crippen LogP contribution >= 0.6 is 0 Å². The molecule has 10 atom stereocenters. The molecule has 1 heterocycles. The van der Waals surface area contributed by atoms with Gasteiger partial charge in [0.1, 0.15) is 6.10 Å². The largest absolute Gasteiger partial charge is 0.481 e. The number of nitrogens with zero attached hydrogens (tertiary/aromatic N) is 1. The van der Waals surface area contributed by atoms with Crippen LogP contribution in [0, 0.1) is 68.0 Å². The third-order valence-electron chi connectivity index (χ3n) is 18.3. The fraction of sp³-hybridized carbons (Fsp3) is 0.776. The molecule has 0 spiro atoms. The summed E-state index contributed by atoms with van der Waals surface area (Å²) in [6.45, 7) is 26.2. The summed E-state index contributed by atoms with van der Waals surface area (Å²) in [4.78, 5) is 56.6. The van der Waals surface area contributed by atoms with Gasteiger partial charge in [-0.05, 0) is 148 Å². The number of hydrogen-bond donors (Lipinski definition) is 3. The van der Waals surface area contributed by atoms with Gasteiger partial charge in [0, 0.05) is 41.7 Å². The Morgan fingerprint density at radius 1 is 0.914 bits per heavy atom. The van der Waals surface area contributed by atoms with E-state index in [-0.39, 0.29) is 56.9 Å². The lowest BCUT2D eigenvalue weighted by Gasteiger charge is -2.72. The number of carboxylic acids is 1. The van der Waals surface area contributed by atoms with Crippen LogP contribution in [0.25, 0.3) is 0 Å². The van der Waals surface area contributed by atoms with E-state index in [4.69, 9.17) is 4.74 Å². The molecule has 0 saturated heterocycles. The van der Waals surface area contributed by atoms with E-state index in [0.29, 0.717) is 48.5 Å². The number of amides is 1. The molecule has 9 nitrogen and oxygen atoms in total. The number of carboxylic acid groups (broad SMARTS) is 1. The highest BCUT2D eigenvalue weighted by Gasteiger charge is 2.70. The number of carbonyl (C=O) groups excluding carboxylic acids is 3. The molecule has 9 heteroatoms. The molecule has 5 saturated carbocycles. The van der Waals surface area contributed by atoms with E-state index in [9.17, 15) is 24.3 Å². The lowest BCUT2D eigenvalue weighted by atomic mass is 9.33. The van der Waals surface area contributed by atoms with E-state index in [1.807, 2.05) is 27.7 Å². The number of rotatable bonds is 11. The number of pyridine rings is 1. The minimum atomic E-state index is -0.825. The first-order valence-corrected chi connectivity index (χ1v) is 22.6. The number of aliphatic carboxylic acids is 1. The van der Waals surface area contributed by atoms with Crippen LogP contribution in [0.4, 0.5) is 0 Å². The summed E-state index contributed by atoms with van der Waals surface area (Å²) in [5.41, 5.74) is 2.09. The van der Waals surface area contributed by atoms with Gasteiger partial charge in [-0.3, -0.25) is 24.2 Å². The smallest absolute Gasteiger partial charge is 0.309 e. The van der Waals surface area contributed by atoms with Crippen molar-refractivity contribution in [3.8, 4) is 0 Å². The van der Waals surface area contributed by atoms with Gasteiger partial charge in [0.15, 0.2) is 5.78 Å². The number of carbonyl (C=O) groups is 4. The number of ether oxygens (including phenoxy) is 1. The van der Waals surface area contributed by atoms with Crippen molar-refractivity contribution in [3.05, 3.63) is 41.2 Å². The van der Waals surface area contributed by atoms with Crippen LogP contribution in [0.2, 0.25) is 0 Å². The molecule has 320 valence electrons. The van der Waals surface area contributed by atoms with Crippen LogP contribution in [0.15, 0.2) is 35.7 Å². The number of nitrogens with one attached hydrogen (secondary N) is 2. The second kappa shape index (κ2) is 14.5. The highest BCUT2D eigenvalue weighted by molar-refractivity contribution is 6.00. The maximum Gasteiger partial charge on any atom is 0.309 e. The molecule has 1 aromatic rings. The topological polar surface area (TPSA) is 135 Å². The summed E-state index contributed by atoms with van der Waals surface area (Å²) in [5.74, 6) is -0.158. The molecule has 5 fully saturated rings. The van der Waals surface area contributed by atoms with Crippen LogP contribution in [-0.2, 0) is 19.1 Å². The molecule has 0 aliphatic heterocycles. The molecular formula is C49H73N3O6. The van der Waals surface area contributed by atoms with Gasteiger partial charge in [-0.2, -0.15) is 0 Å². The van der Waals surface area contributed by atoms with Crippen molar-refractivity contribution in [1.29, 1.82) is 0 Å². The normalized spacial score (nSPS) is 38.8. The van der Waals surface area contributed by atoms with Crippen molar-refractivity contribution in [2.24, 2.45) is 68.0 Å². The molecule has 0 aromatic carbocycles. The molecule has 0 unspecified atom stereocenters. The quantitative estimate of drug-likeness (QED) is 0.149. The molecule has 1 aromatic heterocycles. The minimum Gasteiger partial charge on any atom is -0.481 e. The van der Waals surface area contributed by atoms with E-state index < -0.39 is 22.8 Å². The van der Waals surface area contributed by atoms with Gasteiger partial charge in [0.05, 0.1) is 17.4 Å². The standard InChI is InChI=1S/C49H73N3O6/c1-29(2)38-34(53)26-49(22-24-51-28-43(3,4)52-40(54)30-13-12-23-50-27-30)21-20-47(10)31(39(38)49)14-15-36-46(9)18-17-37(45(7,8)35(46)16-19-48(36,47)11)58-42(57)33-25-32(41(55)56)44(33,5)6/h12-13,23,27,29,31-33,35-37,51H,14-22,24-26,28H2,1-11H3,(H,52,54)(H,55,56)/t31-,32+,33-,35+,36-,37+,46+,47-,48-,49-/m1/s1. The minimum absolute atomic E-state index is 0.0728. The number of hydrogen-bond acceptors (Lipinski definition) is 7. The molecule has 0 radical (unpaired) electrons. The average molecular weight is 800 g/mol. The highest BCUT2D eigenvalue weighted by atomic mass is 16.5. The molecule has 1 amide bonds. The van der Waals surface area contributed by atoms with Crippen LogP contribution in [0.3, 0.4) is 0 Å². The number of fused-ring (bicyclic) bond motifs is 7. The zero-order valence-electron chi connectivity index (χ0n) is 37.5. The number of Topliss-reactive ketones (excluding diaryl/α,β-unsaturated/α-hetero) is 1. The average Bonchev–Trinajstić information content (AvgIpc) is 3.43. The number of esters is 1. The first kappa shape index (κ1) is 43.0. The summed E-state index contributed by atoms with van der Waals surface area (Å²) in [5, 5.41) is 16.5. The summed E-state index contributed by atoms with van der Waals surface area (Å²) < 4.78 is 6.44. The summed E-state index contributed by atoms with van der Waals surface area (Å²) in [6, 6.07) is 3.56. The third kappa shape index (κ3) is 6.61. The van der Waals surface area contributed by atoms with Crippen molar-refractivity contribution >= 4 is 23.6 Å². The zero-order chi connectivity index (χ0) is 42.4. The van der Waals surface area contributed by atoms with Crippen molar-refractivity contribution in [2.75, 3.05) is 13.1 Å². The van der Waals surface area contributed by atoms with Crippen LogP contribution < -0.4 is 10.6 Å². The van der Waals surface area contributed by atoms with Gasteiger partial charge < -0.3 is 20.5 Å². The summed E-state index contributed by atoms with van der Waals surface area (Å²) in [6.07, 6.45) is 13.5. The van der Waals surface area contributed by atoms with Gasteiger partial charge in [-0.1, -0.05) is 67.9 Å². The molecule has 6 aliphatic rings. The van der Waals surface area contributed by atoms with Crippen molar-refractivity contribution in [2.45, 2.75) is 158 Å². The lowest BCUT2D eigenvalue weighted by Crippen LogP contribution is -2.66. The van der Waals surface area contributed by atoms with Crippen molar-refractivity contribution in [3.63, 3.8) is 0 Å². The molecule has 3 N–H and O–H groups in total. The molecule has 0 bridgehead atoms. The fourth-order valence-electron chi connectivity index (χ4n) is 14.9. The van der Waals surface area contributed by atoms with Crippen LogP contribution in [0.5, 0.6) is 0 Å². The van der Waals surface area contributed by atoms with Gasteiger partial charge in [-0.15, -0.1) is 0 Å². The predicted octanol–water partition coefficient (Wildman–Crippen LogP) is 9.21. The Balaban J connectivity index is 1.07. The summed E-state index contributed by atoms with van der Waals surface area (Å²) >= 11 is 0. The molecule has 58 heavy (non-hydrogen) atoms. The van der Waals surface area contributed by atoms with Gasteiger partial charge >= 0.3 is 11.9 Å². The maximum absolute atomic E-state index is 14.1. The SMILES string of the molecule is CC(C)C1=C2[C@H]3CC[C@@H]4[C@@]5(C)CC[C@H](OC(=O)[C@H]6C[C@@H](C(=O)O)C6(C)C)C(C)(C)[C@@H]5CC[C@@]4(C)[C@]3(C)CC[C@@]2(CCNCC(C)(C)NC(=O)c2cccnc2)CC1=O. The van der Waals surface area contributed by atoms with E-state index in [1.54, 1.807) is 24.5 Å². The van der Waals surface area contributed by atoms with Crippen LogP contribution in [0.1, 0.15) is 157 Å². The number of aromatic nitrogens is 1. The monoisotopic (exact) mass is 800 g/mol. The molecular weight excluding hydrogens is 727 g/mol. The van der Waals surface area contributed by atoms with Crippen molar-refractivity contribution in [1.82, 2.24) is 15.6 Å². The second-order valence-corrected chi connectivity index (χ2v) is 22.8. The first-order valence-electron chi connectivity index (χ1n) is 22.6. The van der Waals surface area contributed by atoms with Gasteiger partial charge in [-0.25, -0.2) is 0 Å². The lowest BCUT2D eigenvalue weighted by molar-refractivity contribution is -0.236. The Morgan fingerprint density at radius 2 is 1.64 bits per heavy atom. The second-order valence-electron chi connectivity index (χ2n) is 22.8. The molecule has 6 aliphatic carbocycles. The highest BCUT2D eigenvalue weighted by Crippen LogP contribution is 2.77. The van der Waals surface area contributed by atoms with Gasteiger partial charge in [0.2, 0.25) is 0 Å². The molecule has 7 rings (SSSR count). The van der Waals surface area contributed by atoms with E-state index in [1.165, 1.54) is 5.57 Å². The maximum atomic E-state index is 14.1. The van der Waals surface area contributed by atoms with E-state index >= 15 is 0 Å².